The number of pyridine rings is 2. The number of benzene rings is 2. The number of rotatable bonds is 6. The normalized spacial score (nSPS) is 10.5. The zero-order chi connectivity index (χ0) is 22.5. The molecular formula is C24H20FN5O2. The highest BCUT2D eigenvalue weighted by Gasteiger charge is 2.14. The second-order valence-corrected chi connectivity index (χ2v) is 6.99. The van der Waals surface area contributed by atoms with Gasteiger partial charge >= 0.3 is 0 Å². The Hall–Kier alpha value is -4.46. The number of amides is 1. The maximum Gasteiger partial charge on any atom is 0.258 e. The molecule has 0 spiro atoms. The lowest BCUT2D eigenvalue weighted by Gasteiger charge is -2.10. The molecule has 0 saturated carbocycles. The van der Waals surface area contributed by atoms with E-state index in [4.69, 9.17) is 16.2 Å². The Morgan fingerprint density at radius 3 is 2.56 bits per heavy atom. The molecule has 0 fully saturated rings. The van der Waals surface area contributed by atoms with Crippen molar-refractivity contribution >= 4 is 23.1 Å². The highest BCUT2D eigenvalue weighted by molar-refractivity contribution is 6.05. The van der Waals surface area contributed by atoms with Gasteiger partial charge in [0.15, 0.2) is 0 Å². The molecule has 0 aliphatic heterocycles. The molecule has 0 atom stereocenters. The Bertz CT molecular complexity index is 1250. The Morgan fingerprint density at radius 2 is 1.84 bits per heavy atom. The largest absolute Gasteiger partial charge is 0.489 e. The molecule has 4 rings (SSSR count). The summed E-state index contributed by atoms with van der Waals surface area (Å²) in [7, 11) is 0. The van der Waals surface area contributed by atoms with Crippen molar-refractivity contribution in [3.05, 3.63) is 96.1 Å². The third kappa shape index (κ3) is 4.81. The number of hydrogen-bond donors (Lipinski definition) is 3. The van der Waals surface area contributed by atoms with Crippen LogP contribution >= 0.6 is 0 Å². The third-order valence-electron chi connectivity index (χ3n) is 4.70. The molecule has 5 N–H and O–H groups in total. The highest BCUT2D eigenvalue weighted by Crippen LogP contribution is 2.25. The van der Waals surface area contributed by atoms with E-state index in [2.05, 4.69) is 15.3 Å². The van der Waals surface area contributed by atoms with Crippen molar-refractivity contribution in [2.45, 2.75) is 6.61 Å². The molecule has 0 aliphatic carbocycles. The van der Waals surface area contributed by atoms with Crippen LogP contribution in [0.25, 0.3) is 11.3 Å². The number of carbonyl (C=O) groups excluding carboxylic acids is 1. The first-order chi connectivity index (χ1) is 15.5. The van der Waals surface area contributed by atoms with Gasteiger partial charge in [0.1, 0.15) is 24.0 Å². The summed E-state index contributed by atoms with van der Waals surface area (Å²) in [4.78, 5) is 20.9. The minimum absolute atomic E-state index is 0.114. The number of aromatic nitrogens is 2. The number of halogens is 1. The van der Waals surface area contributed by atoms with E-state index in [0.717, 1.165) is 5.56 Å². The molecular weight excluding hydrogens is 409 g/mol. The molecule has 32 heavy (non-hydrogen) atoms. The summed E-state index contributed by atoms with van der Waals surface area (Å²) in [6, 6.07) is 18.0. The Labute approximate surface area is 183 Å². The van der Waals surface area contributed by atoms with E-state index in [0.29, 0.717) is 35.0 Å². The van der Waals surface area contributed by atoms with Crippen molar-refractivity contribution in [3.8, 4) is 17.0 Å². The molecule has 2 heterocycles. The van der Waals surface area contributed by atoms with Gasteiger partial charge in [-0.15, -0.1) is 0 Å². The van der Waals surface area contributed by atoms with E-state index in [1.54, 1.807) is 48.8 Å². The zero-order valence-corrected chi connectivity index (χ0v) is 17.0. The fraction of sp³-hybridized carbons (Fsp3) is 0.0417. The van der Waals surface area contributed by atoms with Crippen LogP contribution in [0, 0.1) is 5.82 Å². The fourth-order valence-electron chi connectivity index (χ4n) is 2.99. The maximum atomic E-state index is 14.4. The van der Waals surface area contributed by atoms with Crippen LogP contribution in [-0.2, 0) is 6.61 Å². The number of carbonyl (C=O) groups is 1. The lowest BCUT2D eigenvalue weighted by atomic mass is 10.1. The number of anilines is 3. The Kier molecular flexibility index (Phi) is 5.94. The van der Waals surface area contributed by atoms with E-state index < -0.39 is 11.7 Å². The SMILES string of the molecule is Nc1ccc(-c2ccc(F)c(C(=O)Nc3ccc(OCc4cccnc4)cc3)c2)nc1N. The number of nitrogens with two attached hydrogens (primary N) is 2. The Balaban J connectivity index is 1.45. The quantitative estimate of drug-likeness (QED) is 0.421. The minimum atomic E-state index is -0.647. The molecule has 0 saturated heterocycles. The predicted octanol–water partition coefficient (Wildman–Crippen LogP) is 4.28. The monoisotopic (exact) mass is 429 g/mol. The van der Waals surface area contributed by atoms with Crippen LogP contribution in [0.3, 0.4) is 0 Å². The van der Waals surface area contributed by atoms with E-state index in [1.807, 2.05) is 12.1 Å². The molecule has 2 aromatic carbocycles. The number of nitrogens with one attached hydrogen (secondary N) is 1. The molecule has 0 unspecified atom stereocenters. The number of nitrogens with zero attached hydrogens (tertiary/aromatic N) is 2. The molecule has 7 nitrogen and oxygen atoms in total. The minimum Gasteiger partial charge on any atom is -0.489 e. The summed E-state index contributed by atoms with van der Waals surface area (Å²) in [5.41, 5.74) is 14.2. The van der Waals surface area contributed by atoms with Crippen LogP contribution < -0.4 is 21.5 Å². The number of hydrogen-bond acceptors (Lipinski definition) is 6. The van der Waals surface area contributed by atoms with E-state index >= 15 is 0 Å². The second kappa shape index (κ2) is 9.13. The first kappa shape index (κ1) is 20.8. The van der Waals surface area contributed by atoms with Crippen molar-refractivity contribution in [2.75, 3.05) is 16.8 Å². The van der Waals surface area contributed by atoms with Crippen molar-refractivity contribution in [1.82, 2.24) is 9.97 Å². The van der Waals surface area contributed by atoms with Gasteiger partial charge in [0.25, 0.3) is 5.91 Å². The molecule has 160 valence electrons. The molecule has 8 heteroatoms. The lowest BCUT2D eigenvalue weighted by Crippen LogP contribution is -2.14. The van der Waals surface area contributed by atoms with Crippen LogP contribution in [0.15, 0.2) is 79.1 Å². The smallest absolute Gasteiger partial charge is 0.258 e. The van der Waals surface area contributed by atoms with Gasteiger partial charge in [-0.3, -0.25) is 9.78 Å². The van der Waals surface area contributed by atoms with E-state index in [1.165, 1.54) is 18.2 Å². The van der Waals surface area contributed by atoms with Crippen LogP contribution in [0.2, 0.25) is 0 Å². The van der Waals surface area contributed by atoms with Crippen molar-refractivity contribution in [1.29, 1.82) is 0 Å². The average molecular weight is 429 g/mol. The maximum absolute atomic E-state index is 14.4. The number of nitrogen functional groups attached to an aromatic ring is 2. The van der Waals surface area contributed by atoms with Crippen molar-refractivity contribution < 1.29 is 13.9 Å². The molecule has 0 radical (unpaired) electrons. The zero-order valence-electron chi connectivity index (χ0n) is 17.0. The van der Waals surface area contributed by atoms with Gasteiger partial charge in [-0.1, -0.05) is 6.07 Å². The summed E-state index contributed by atoms with van der Waals surface area (Å²) in [6.45, 7) is 0.376. The van der Waals surface area contributed by atoms with Gasteiger partial charge in [0.2, 0.25) is 0 Å². The van der Waals surface area contributed by atoms with Crippen LogP contribution in [0.1, 0.15) is 15.9 Å². The predicted molar refractivity (Wildman–Crippen MR) is 121 cm³/mol. The second-order valence-electron chi connectivity index (χ2n) is 6.99. The third-order valence-corrected chi connectivity index (χ3v) is 4.70. The lowest BCUT2D eigenvalue weighted by molar-refractivity contribution is 0.102. The van der Waals surface area contributed by atoms with Crippen LogP contribution in [0.5, 0.6) is 5.75 Å². The summed E-state index contributed by atoms with van der Waals surface area (Å²) < 4.78 is 20.1. The van der Waals surface area contributed by atoms with Crippen LogP contribution in [0.4, 0.5) is 21.6 Å². The molecule has 0 aliphatic rings. The summed E-state index contributed by atoms with van der Waals surface area (Å²) in [6.07, 6.45) is 3.42. The van der Waals surface area contributed by atoms with Crippen molar-refractivity contribution in [2.24, 2.45) is 0 Å². The molecule has 1 amide bonds. The highest BCUT2D eigenvalue weighted by atomic mass is 19.1. The molecule has 4 aromatic rings. The van der Waals surface area contributed by atoms with Gasteiger partial charge in [-0.05, 0) is 60.7 Å². The fourth-order valence-corrected chi connectivity index (χ4v) is 2.99. The average Bonchev–Trinajstić information content (AvgIpc) is 2.81. The van der Waals surface area contributed by atoms with Crippen molar-refractivity contribution in [3.63, 3.8) is 0 Å². The summed E-state index contributed by atoms with van der Waals surface area (Å²) >= 11 is 0. The van der Waals surface area contributed by atoms with E-state index in [9.17, 15) is 9.18 Å². The van der Waals surface area contributed by atoms with Crippen LogP contribution in [-0.4, -0.2) is 15.9 Å². The molecule has 0 bridgehead atoms. The van der Waals surface area contributed by atoms with Gasteiger partial charge in [-0.2, -0.15) is 0 Å². The topological polar surface area (TPSA) is 116 Å². The molecule has 2 aromatic heterocycles. The standard InChI is InChI=1S/C24H20FN5O2/c25-20-8-3-16(22-10-9-21(26)23(27)30-22)12-19(20)24(31)29-17-4-6-18(7-5-17)32-14-15-2-1-11-28-13-15/h1-13H,14,26H2,(H2,27,30)(H,29,31). The van der Waals surface area contributed by atoms with Gasteiger partial charge in [0, 0.05) is 29.2 Å². The number of ether oxygens (including phenoxy) is 1. The summed E-state index contributed by atoms with van der Waals surface area (Å²) in [5, 5.41) is 2.69. The van der Waals surface area contributed by atoms with E-state index in [-0.39, 0.29) is 11.4 Å². The Morgan fingerprint density at radius 1 is 1.03 bits per heavy atom. The summed E-state index contributed by atoms with van der Waals surface area (Å²) in [5.74, 6) is -0.432. The van der Waals surface area contributed by atoms with Gasteiger partial charge < -0.3 is 21.5 Å². The van der Waals surface area contributed by atoms with Gasteiger partial charge in [-0.25, -0.2) is 9.37 Å². The first-order valence-electron chi connectivity index (χ1n) is 9.74. The van der Waals surface area contributed by atoms with Gasteiger partial charge in [0.05, 0.1) is 16.9 Å². The first-order valence-corrected chi connectivity index (χ1v) is 9.74.